The molecular formula is C45H70O6. The lowest BCUT2D eigenvalue weighted by Gasteiger charge is -2.78. The van der Waals surface area contributed by atoms with E-state index in [0.29, 0.717) is 12.3 Å². The Balaban J connectivity index is 1.37. The summed E-state index contributed by atoms with van der Waals surface area (Å²) in [6, 6.07) is 10.5. The fraction of sp³-hybridized carbons (Fsp3) is 0.844. The molecule has 4 N–H and O–H groups in total. The second-order valence-corrected chi connectivity index (χ2v) is 20.0. The van der Waals surface area contributed by atoms with Gasteiger partial charge in [-0.25, -0.2) is 0 Å². The summed E-state index contributed by atoms with van der Waals surface area (Å²) in [5.41, 5.74) is -1.23. The molecule has 0 aromatic heterocycles. The molecule has 6 heteroatoms. The van der Waals surface area contributed by atoms with Crippen LogP contribution in [0.4, 0.5) is 0 Å². The van der Waals surface area contributed by atoms with Gasteiger partial charge in [0.1, 0.15) is 0 Å². The minimum absolute atomic E-state index is 0.00892. The number of hydrogen-bond acceptors (Lipinski definition) is 5. The minimum Gasteiger partial charge on any atom is -0.481 e. The van der Waals surface area contributed by atoms with Gasteiger partial charge in [-0.15, -0.1) is 0 Å². The van der Waals surface area contributed by atoms with Gasteiger partial charge in [-0.2, -0.15) is 0 Å². The minimum atomic E-state index is -1.41. The molecule has 0 amide bonds. The lowest BCUT2D eigenvalue weighted by Crippen LogP contribution is -2.77. The molecule has 51 heavy (non-hydrogen) atoms. The highest BCUT2D eigenvalue weighted by molar-refractivity contribution is 5.74. The van der Waals surface area contributed by atoms with Crippen molar-refractivity contribution < 1.29 is 30.0 Å². The first-order chi connectivity index (χ1) is 24.1. The van der Waals surface area contributed by atoms with Crippen LogP contribution < -0.4 is 0 Å². The molecule has 7 rings (SSSR count). The average Bonchev–Trinajstić information content (AvgIpc) is 3.26. The predicted molar refractivity (Wildman–Crippen MR) is 201 cm³/mol. The van der Waals surface area contributed by atoms with E-state index in [-0.39, 0.29) is 52.6 Å². The smallest absolute Gasteiger partial charge is 0.309 e. The first kappa shape index (κ1) is 37.8. The second-order valence-electron chi connectivity index (χ2n) is 20.0. The molecule has 2 bridgehead atoms. The molecule has 0 radical (unpaired) electrons. The van der Waals surface area contributed by atoms with Crippen molar-refractivity contribution in [1.29, 1.82) is 0 Å². The van der Waals surface area contributed by atoms with E-state index in [2.05, 4.69) is 58.9 Å². The van der Waals surface area contributed by atoms with Crippen LogP contribution in [0.5, 0.6) is 0 Å². The molecule has 1 unspecified atom stereocenters. The van der Waals surface area contributed by atoms with Crippen LogP contribution in [0, 0.1) is 55.7 Å². The van der Waals surface area contributed by atoms with E-state index in [1.807, 2.05) is 13.0 Å². The summed E-state index contributed by atoms with van der Waals surface area (Å²) in [5.74, 6) is -1.60. The average molecular weight is 707 g/mol. The quantitative estimate of drug-likeness (QED) is 0.171. The van der Waals surface area contributed by atoms with Gasteiger partial charge in [-0.3, -0.25) is 4.79 Å². The molecule has 13 atom stereocenters. The van der Waals surface area contributed by atoms with Crippen molar-refractivity contribution in [1.82, 2.24) is 0 Å². The highest BCUT2D eigenvalue weighted by atomic mass is 16.6. The van der Waals surface area contributed by atoms with Crippen LogP contribution in [0.1, 0.15) is 156 Å². The lowest BCUT2D eigenvalue weighted by atomic mass is 9.25. The zero-order chi connectivity index (χ0) is 36.7. The summed E-state index contributed by atoms with van der Waals surface area (Å²) in [5, 5.41) is 47.9. The number of carboxylic acids is 1. The lowest BCUT2D eigenvalue weighted by molar-refractivity contribution is -0.339. The number of aliphatic hydroxyl groups is 3. The topological polar surface area (TPSA) is 107 Å². The Kier molecular flexibility index (Phi) is 9.50. The monoisotopic (exact) mass is 707 g/mol. The summed E-state index contributed by atoms with van der Waals surface area (Å²) >= 11 is 0. The van der Waals surface area contributed by atoms with Crippen molar-refractivity contribution in [2.45, 2.75) is 175 Å². The molecule has 5 aliphatic carbocycles. The van der Waals surface area contributed by atoms with Gasteiger partial charge in [0, 0.05) is 23.2 Å². The molecule has 1 aromatic carbocycles. The van der Waals surface area contributed by atoms with Crippen molar-refractivity contribution in [3.8, 4) is 0 Å². The van der Waals surface area contributed by atoms with E-state index in [0.717, 1.165) is 77.0 Å². The molecule has 1 heterocycles. The largest absolute Gasteiger partial charge is 0.481 e. The number of carboxylic acid groups (broad SMARTS) is 1. The van der Waals surface area contributed by atoms with Gasteiger partial charge in [0.05, 0.1) is 24.2 Å². The van der Waals surface area contributed by atoms with Crippen molar-refractivity contribution in [3.63, 3.8) is 0 Å². The van der Waals surface area contributed by atoms with Crippen LogP contribution in [0.25, 0.3) is 0 Å². The zero-order valence-electron chi connectivity index (χ0n) is 32.8. The van der Waals surface area contributed by atoms with Crippen molar-refractivity contribution >= 4 is 5.97 Å². The highest BCUT2D eigenvalue weighted by Crippen LogP contribution is 2.84. The van der Waals surface area contributed by atoms with E-state index < -0.39 is 34.1 Å². The molecule has 286 valence electrons. The van der Waals surface area contributed by atoms with Crippen LogP contribution in [0.2, 0.25) is 0 Å². The van der Waals surface area contributed by atoms with Crippen LogP contribution in [-0.2, 0) is 16.0 Å². The van der Waals surface area contributed by atoms with Gasteiger partial charge < -0.3 is 25.2 Å². The number of fused-ring (bicyclic) bond motifs is 7. The summed E-state index contributed by atoms with van der Waals surface area (Å²) in [7, 11) is 0. The van der Waals surface area contributed by atoms with Gasteiger partial charge in [0.25, 0.3) is 0 Å². The fourth-order valence-electron chi connectivity index (χ4n) is 15.8. The molecule has 1 aromatic rings. The van der Waals surface area contributed by atoms with E-state index in [4.69, 9.17) is 4.74 Å². The number of carbonyl (C=O) groups is 1. The summed E-state index contributed by atoms with van der Waals surface area (Å²) < 4.78 is 6.91. The molecule has 1 aliphatic heterocycles. The molecule has 6 aliphatic rings. The number of unbranched alkanes of at least 4 members (excludes halogenated alkanes) is 3. The number of aliphatic hydroxyl groups excluding tert-OH is 2. The van der Waals surface area contributed by atoms with Crippen LogP contribution in [0.15, 0.2) is 30.3 Å². The van der Waals surface area contributed by atoms with Crippen LogP contribution in [0.3, 0.4) is 0 Å². The molecule has 1 saturated heterocycles. The van der Waals surface area contributed by atoms with Gasteiger partial charge in [0.2, 0.25) is 0 Å². The Morgan fingerprint density at radius 2 is 1.55 bits per heavy atom. The summed E-state index contributed by atoms with van der Waals surface area (Å²) in [6.45, 7) is 13.9. The third kappa shape index (κ3) is 4.89. The molecule has 6 fully saturated rings. The Morgan fingerprint density at radius 1 is 0.843 bits per heavy atom. The zero-order valence-corrected chi connectivity index (χ0v) is 32.8. The number of aliphatic carboxylic acids is 1. The van der Waals surface area contributed by atoms with Crippen molar-refractivity contribution in [2.24, 2.45) is 55.7 Å². The standard InChI is InChI=1S/C45H70O6/c1-7-9-10-14-19-42-26-25-41(6)32(40(42,5)24-23-38(3)21-22-39(4,37(48)49)28-34(38)42)18-20-43-33(15-8-2)45(50,29-35(47)44(41,43)30-46)51-36(43)27-31-16-12-11-13-17-31/h11-13,16-17,32-36,46-47,50H,7-10,14-15,18-30H2,1-6H3,(H,48,49)/t32-,33-,34?,35-,36+,38+,39-,40-,41+,42+,43-,44+,45+/m1/s1. The first-order valence-corrected chi connectivity index (χ1v) is 21.1. The van der Waals surface area contributed by atoms with Crippen molar-refractivity contribution in [3.05, 3.63) is 35.9 Å². The van der Waals surface area contributed by atoms with Gasteiger partial charge in [-0.1, -0.05) is 97.1 Å². The molecular weight excluding hydrogens is 636 g/mol. The Morgan fingerprint density at radius 3 is 2.22 bits per heavy atom. The normalized spacial score (nSPS) is 50.1. The number of hydrogen-bond donors (Lipinski definition) is 4. The maximum atomic E-state index is 12.9. The van der Waals surface area contributed by atoms with E-state index in [1.54, 1.807) is 0 Å². The van der Waals surface area contributed by atoms with E-state index >= 15 is 0 Å². The third-order valence-electron chi connectivity index (χ3n) is 18.3. The Bertz CT molecular complexity index is 1450. The van der Waals surface area contributed by atoms with E-state index in [9.17, 15) is 25.2 Å². The summed E-state index contributed by atoms with van der Waals surface area (Å²) in [4.78, 5) is 12.9. The molecule has 5 saturated carbocycles. The first-order valence-electron chi connectivity index (χ1n) is 21.1. The van der Waals surface area contributed by atoms with Crippen molar-refractivity contribution in [2.75, 3.05) is 6.61 Å². The third-order valence-corrected chi connectivity index (χ3v) is 18.3. The molecule has 6 nitrogen and oxygen atoms in total. The number of rotatable bonds is 11. The Hall–Kier alpha value is -1.47. The maximum absolute atomic E-state index is 12.9. The van der Waals surface area contributed by atoms with Crippen LogP contribution in [-0.4, -0.2) is 51.0 Å². The highest BCUT2D eigenvalue weighted by Gasteiger charge is 2.84. The van der Waals surface area contributed by atoms with Gasteiger partial charge >= 0.3 is 5.97 Å². The summed E-state index contributed by atoms with van der Waals surface area (Å²) in [6.07, 6.45) is 15.8. The Labute approximate surface area is 308 Å². The number of ether oxygens (including phenoxy) is 1. The fourth-order valence-corrected chi connectivity index (χ4v) is 15.8. The van der Waals surface area contributed by atoms with Crippen LogP contribution >= 0.6 is 0 Å². The van der Waals surface area contributed by atoms with Gasteiger partial charge in [-0.05, 0) is 123 Å². The number of benzene rings is 1. The molecule has 1 spiro atoms. The predicted octanol–water partition coefficient (Wildman–Crippen LogP) is 9.33. The van der Waals surface area contributed by atoms with Gasteiger partial charge in [0.15, 0.2) is 5.79 Å². The second kappa shape index (κ2) is 12.8. The van der Waals surface area contributed by atoms with E-state index in [1.165, 1.54) is 31.2 Å². The SMILES string of the molecule is CCCCCC[C@@]12CC[C@@]3(C)[C@H](CC[C@@]45[C@H](Cc6ccccc6)O[C@@](O)(C[C@@H](O)[C@]43CO)[C@@H]5CCC)[C@@]1(C)CC[C@]1(C)CC[C@@](C)(C(=O)O)CC12. The maximum Gasteiger partial charge on any atom is 0.309 e.